The molecule has 0 heterocycles. The number of rotatable bonds is 12. The van der Waals surface area contributed by atoms with Crippen LogP contribution in [-0.2, 0) is 39.2 Å². The Morgan fingerprint density at radius 1 is 0.745 bits per heavy atom. The van der Waals surface area contributed by atoms with E-state index in [0.29, 0.717) is 11.5 Å². The Morgan fingerprint density at radius 2 is 1.06 bits per heavy atom. The molecule has 2 aromatic rings. The van der Waals surface area contributed by atoms with Crippen molar-refractivity contribution in [3.8, 4) is 11.5 Å². The third-order valence-corrected chi connectivity index (χ3v) is 7.84. The fourth-order valence-electron chi connectivity index (χ4n) is 5.41. The van der Waals surface area contributed by atoms with Gasteiger partial charge in [0.25, 0.3) is 0 Å². The van der Waals surface area contributed by atoms with Gasteiger partial charge in [-0.25, -0.2) is 0 Å². The molecule has 8 nitrogen and oxygen atoms in total. The van der Waals surface area contributed by atoms with Crippen molar-refractivity contribution in [2.75, 3.05) is 0 Å². The van der Waals surface area contributed by atoms with E-state index in [9.17, 15) is 10.2 Å². The zero-order valence-corrected chi connectivity index (χ0v) is 30.6. The number of aromatic hydroxyl groups is 2. The molecule has 0 bridgehead atoms. The zero-order valence-electron chi connectivity index (χ0n) is 29.6. The molecule has 0 aliphatic heterocycles. The number of phenolic OH excluding ortho intramolecular Hbond substituents is 2. The minimum absolute atomic E-state index is 0. The van der Waals surface area contributed by atoms with Gasteiger partial charge in [0, 0.05) is 35.5 Å². The third-order valence-electron chi connectivity index (χ3n) is 7.84. The Labute approximate surface area is 293 Å². The molecule has 9 heteroatoms. The molecule has 0 spiro atoms. The summed E-state index contributed by atoms with van der Waals surface area (Å²) < 4.78 is 0. The van der Waals surface area contributed by atoms with E-state index in [1.165, 1.54) is 11.1 Å². The maximum atomic E-state index is 11.0. The third kappa shape index (κ3) is 16.5. The van der Waals surface area contributed by atoms with Gasteiger partial charge in [0.1, 0.15) is 11.5 Å². The van der Waals surface area contributed by atoms with Crippen LogP contribution in [0.2, 0.25) is 0 Å². The van der Waals surface area contributed by atoms with Crippen LogP contribution < -0.4 is 10.2 Å². The van der Waals surface area contributed by atoms with Crippen LogP contribution in [-0.4, -0.2) is 46.7 Å². The monoisotopic (exact) mass is 695 g/mol. The Bertz CT molecular complexity index is 1200. The number of hydrogen-bond acceptors (Lipinski definition) is 8. The maximum absolute atomic E-state index is 11.0. The van der Waals surface area contributed by atoms with Gasteiger partial charge in [-0.2, -0.15) is 0 Å². The molecule has 1 fully saturated rings. The van der Waals surface area contributed by atoms with Gasteiger partial charge in [-0.1, -0.05) is 79.4 Å². The van der Waals surface area contributed by atoms with E-state index in [4.69, 9.17) is 29.8 Å². The number of carboxylic acid groups (broad SMARTS) is 2. The molecule has 1 aliphatic carbocycles. The first kappa shape index (κ1) is 43.8. The molecule has 3 rings (SSSR count). The van der Waals surface area contributed by atoms with Crippen molar-refractivity contribution >= 4 is 24.4 Å². The number of aliphatic carboxylic acids is 2. The topological polar surface area (TPSA) is 145 Å². The fourth-order valence-corrected chi connectivity index (χ4v) is 5.41. The van der Waals surface area contributed by atoms with Gasteiger partial charge in [0.2, 0.25) is 0 Å². The quantitative estimate of drug-likeness (QED) is 0.246. The summed E-state index contributed by atoms with van der Waals surface area (Å²) in [5.74, 6) is -0.940. The first-order chi connectivity index (χ1) is 21.7. The maximum Gasteiger partial charge on any atom is 2.00 e. The number of aliphatic imine (C=N–C) groups is 2. The number of aryl methyl sites for hydroxylation is 2. The molecule has 2 atom stereocenters. The normalized spacial score (nSPS) is 16.0. The van der Waals surface area contributed by atoms with E-state index in [1.807, 2.05) is 12.4 Å². The molecule has 2 aromatic carbocycles. The van der Waals surface area contributed by atoms with Crippen molar-refractivity contribution in [2.24, 2.45) is 9.98 Å². The van der Waals surface area contributed by atoms with Gasteiger partial charge in [-0.3, -0.25) is 9.98 Å². The van der Waals surface area contributed by atoms with Gasteiger partial charge >= 0.3 is 16.8 Å². The second kappa shape index (κ2) is 23.2. The second-order valence-electron chi connectivity index (χ2n) is 12.7. The number of carboxylic acids is 2. The van der Waals surface area contributed by atoms with Gasteiger partial charge in [-0.05, 0) is 98.6 Å². The first-order valence-electron chi connectivity index (χ1n) is 16.8. The number of carbonyl (C=O) groups is 2. The molecular weight excluding hydrogens is 639 g/mol. The number of hydrogen-bond donors (Lipinski definition) is 2. The molecule has 1 saturated carbocycles. The summed E-state index contributed by atoms with van der Waals surface area (Å²) in [6.07, 6.45) is 14.7. The smallest absolute Gasteiger partial charge is 0.550 e. The number of benzene rings is 2. The van der Waals surface area contributed by atoms with Crippen molar-refractivity contribution in [3.63, 3.8) is 0 Å². The van der Waals surface area contributed by atoms with Crippen molar-refractivity contribution in [1.29, 1.82) is 0 Å². The molecule has 2 N–H and O–H groups in total. The van der Waals surface area contributed by atoms with Crippen molar-refractivity contribution in [3.05, 3.63) is 57.6 Å². The predicted octanol–water partition coefficient (Wildman–Crippen LogP) is 6.39. The summed E-state index contributed by atoms with van der Waals surface area (Å²) in [7, 11) is 0. The van der Waals surface area contributed by atoms with Crippen LogP contribution in [0.15, 0.2) is 34.3 Å². The van der Waals surface area contributed by atoms with E-state index in [2.05, 4.69) is 65.8 Å². The largest absolute Gasteiger partial charge is 2.00 e. The van der Waals surface area contributed by atoms with Crippen molar-refractivity contribution < 1.29 is 46.8 Å². The molecule has 1 aliphatic rings. The predicted molar refractivity (Wildman–Crippen MR) is 184 cm³/mol. The van der Waals surface area contributed by atoms with Crippen molar-refractivity contribution in [2.45, 2.75) is 144 Å². The van der Waals surface area contributed by atoms with Gasteiger partial charge in [-0.15, -0.1) is 0 Å². The Kier molecular flexibility index (Phi) is 21.6. The van der Waals surface area contributed by atoms with Crippen LogP contribution in [0.4, 0.5) is 0 Å². The van der Waals surface area contributed by atoms with Crippen LogP contribution in [0.3, 0.4) is 0 Å². The summed E-state index contributed by atoms with van der Waals surface area (Å²) in [5.41, 5.74) is 6.17. The Hall–Kier alpha value is -3.17. The SMILES string of the molecule is CC(=O)[O-].CC(=O)[O-].CCCCc1cc(C=NC2CCCCC2N=Cc2cc(CCCC)cc(C(C)C)c2O)c(O)c(C(C)C)c1.[Co+2]. The molecule has 0 saturated heterocycles. The van der Waals surface area contributed by atoms with Crippen LogP contribution in [0, 0.1) is 0 Å². The van der Waals surface area contributed by atoms with Gasteiger partial charge in [0.05, 0.1) is 12.1 Å². The van der Waals surface area contributed by atoms with Crippen LogP contribution >= 0.6 is 0 Å². The number of phenols is 2. The molecular formula is C38H56CoN2O6. The molecule has 263 valence electrons. The first-order valence-corrected chi connectivity index (χ1v) is 16.8. The van der Waals surface area contributed by atoms with E-state index in [1.54, 1.807) is 0 Å². The van der Waals surface area contributed by atoms with E-state index in [-0.39, 0.29) is 40.7 Å². The zero-order chi connectivity index (χ0) is 34.8. The van der Waals surface area contributed by atoms with E-state index >= 15 is 0 Å². The van der Waals surface area contributed by atoms with Crippen molar-refractivity contribution in [1.82, 2.24) is 0 Å². The number of unbranched alkanes of at least 4 members (excludes halogenated alkanes) is 2. The molecule has 47 heavy (non-hydrogen) atoms. The van der Waals surface area contributed by atoms with Crippen LogP contribution in [0.1, 0.15) is 152 Å². The van der Waals surface area contributed by atoms with Gasteiger partial charge in [0.15, 0.2) is 0 Å². The molecule has 0 aromatic heterocycles. The molecule has 1 radical (unpaired) electrons. The second-order valence-corrected chi connectivity index (χ2v) is 12.7. The summed E-state index contributed by atoms with van der Waals surface area (Å²) >= 11 is 0. The fraction of sp³-hybridized carbons (Fsp3) is 0.579. The standard InChI is InChI=1S/C34H50N2O2.2C2H4O2.Co/c1-7-9-13-25-17-27(33(37)29(19-25)23(3)4)21-35-31-15-11-12-16-32(31)36-22-28-18-26(14-10-8-2)20-30(24(5)6)34(28)38;2*1-2(3)4;/h17-24,31-32,37-38H,7-16H2,1-6H3;2*1H3,(H,3,4);/q;;;+2/p-2. The summed E-state index contributed by atoms with van der Waals surface area (Å²) in [4.78, 5) is 27.8. The Morgan fingerprint density at radius 3 is 1.34 bits per heavy atom. The Balaban J connectivity index is 0.00000211. The number of carbonyl (C=O) groups excluding carboxylic acids is 2. The van der Waals surface area contributed by atoms with Crippen LogP contribution in [0.5, 0.6) is 11.5 Å². The summed E-state index contributed by atoms with van der Waals surface area (Å²) in [6.45, 7) is 14.9. The van der Waals surface area contributed by atoms with Crippen LogP contribution in [0.25, 0.3) is 0 Å². The molecule has 2 unspecified atom stereocenters. The molecule has 0 amide bonds. The minimum Gasteiger partial charge on any atom is -0.550 e. The average molecular weight is 696 g/mol. The van der Waals surface area contributed by atoms with E-state index in [0.717, 1.165) is 100 Å². The number of nitrogens with zero attached hydrogens (tertiary/aromatic N) is 2. The average Bonchev–Trinajstić information content (AvgIpc) is 2.98. The summed E-state index contributed by atoms with van der Waals surface area (Å²) in [6, 6.07) is 8.69. The minimum atomic E-state index is -1.08. The van der Waals surface area contributed by atoms with E-state index < -0.39 is 11.9 Å². The summed E-state index contributed by atoms with van der Waals surface area (Å²) in [5, 5.41) is 39.8. The van der Waals surface area contributed by atoms with Gasteiger partial charge < -0.3 is 30.0 Å².